The lowest BCUT2D eigenvalue weighted by atomic mass is 10.1. The molecule has 1 aliphatic rings. The van der Waals surface area contributed by atoms with Gasteiger partial charge in [-0.1, -0.05) is 0 Å². The number of benzene rings is 1. The lowest BCUT2D eigenvalue weighted by Crippen LogP contribution is -2.49. The van der Waals surface area contributed by atoms with Gasteiger partial charge in [0.15, 0.2) is 0 Å². The van der Waals surface area contributed by atoms with Gasteiger partial charge in [0.25, 0.3) is 5.91 Å². The zero-order chi connectivity index (χ0) is 14.5. The minimum Gasteiger partial charge on any atom is -0.373 e. The van der Waals surface area contributed by atoms with E-state index < -0.39 is 0 Å². The monoisotopic (exact) mass is 280 g/mol. The van der Waals surface area contributed by atoms with E-state index in [1.165, 1.54) is 31.2 Å². The number of hydrogen-bond donors (Lipinski definition) is 1. The number of hydrogen-bond acceptors (Lipinski definition) is 3. The van der Waals surface area contributed by atoms with Gasteiger partial charge in [-0.05, 0) is 24.3 Å². The second kappa shape index (κ2) is 6.47. The molecule has 20 heavy (non-hydrogen) atoms. The van der Waals surface area contributed by atoms with Crippen molar-refractivity contribution in [2.45, 2.75) is 13.0 Å². The quantitative estimate of drug-likeness (QED) is 0.891. The third kappa shape index (κ3) is 3.77. The maximum Gasteiger partial charge on any atom is 0.254 e. The summed E-state index contributed by atoms with van der Waals surface area (Å²) in [7, 11) is 0. The number of morpholine rings is 1. The predicted molar refractivity (Wildman–Crippen MR) is 70.7 cm³/mol. The van der Waals surface area contributed by atoms with Crippen molar-refractivity contribution in [2.24, 2.45) is 0 Å². The summed E-state index contributed by atoms with van der Waals surface area (Å²) in [6, 6.07) is 5.47. The molecule has 1 aliphatic heterocycles. The summed E-state index contributed by atoms with van der Waals surface area (Å²) in [4.78, 5) is 24.8. The topological polar surface area (TPSA) is 58.6 Å². The van der Waals surface area contributed by atoms with Crippen molar-refractivity contribution in [3.05, 3.63) is 35.6 Å². The van der Waals surface area contributed by atoms with Crippen molar-refractivity contribution in [2.75, 3.05) is 26.2 Å². The molecule has 1 saturated heterocycles. The molecule has 1 heterocycles. The maximum absolute atomic E-state index is 12.8. The molecule has 5 nitrogen and oxygen atoms in total. The Labute approximate surface area is 116 Å². The highest BCUT2D eigenvalue weighted by Gasteiger charge is 2.25. The Morgan fingerprint density at radius 2 is 2.10 bits per heavy atom. The Hall–Kier alpha value is -1.95. The van der Waals surface area contributed by atoms with Crippen molar-refractivity contribution >= 4 is 11.8 Å². The molecule has 1 aromatic carbocycles. The van der Waals surface area contributed by atoms with Crippen LogP contribution in [0.3, 0.4) is 0 Å². The molecule has 1 aromatic rings. The SMILES string of the molecule is CC(=O)NCC1CN(C(=O)c2ccc(F)cc2)CCO1. The van der Waals surface area contributed by atoms with Crippen LogP contribution in [0.4, 0.5) is 4.39 Å². The van der Waals surface area contributed by atoms with Crippen LogP contribution in [0.15, 0.2) is 24.3 Å². The van der Waals surface area contributed by atoms with E-state index in [0.29, 0.717) is 31.8 Å². The summed E-state index contributed by atoms with van der Waals surface area (Å²) in [5.41, 5.74) is 0.451. The second-order valence-electron chi connectivity index (χ2n) is 4.69. The van der Waals surface area contributed by atoms with Gasteiger partial charge in [0.2, 0.25) is 5.91 Å². The van der Waals surface area contributed by atoms with E-state index in [4.69, 9.17) is 4.74 Å². The van der Waals surface area contributed by atoms with Crippen LogP contribution in [0.5, 0.6) is 0 Å². The number of amides is 2. The smallest absolute Gasteiger partial charge is 0.254 e. The Bertz CT molecular complexity index is 490. The summed E-state index contributed by atoms with van der Waals surface area (Å²) in [5.74, 6) is -0.649. The van der Waals surface area contributed by atoms with E-state index in [1.54, 1.807) is 4.90 Å². The molecule has 2 amide bonds. The average molecular weight is 280 g/mol. The number of ether oxygens (including phenoxy) is 1. The lowest BCUT2D eigenvalue weighted by Gasteiger charge is -2.33. The minimum atomic E-state index is -0.368. The van der Waals surface area contributed by atoms with Crippen LogP contribution >= 0.6 is 0 Å². The Morgan fingerprint density at radius 1 is 1.40 bits per heavy atom. The fourth-order valence-corrected chi connectivity index (χ4v) is 2.06. The number of nitrogens with one attached hydrogen (secondary N) is 1. The standard InChI is InChI=1S/C14H17FN2O3/c1-10(18)16-8-13-9-17(6-7-20-13)14(19)11-2-4-12(15)5-3-11/h2-5,13H,6-9H2,1H3,(H,16,18). The fourth-order valence-electron chi connectivity index (χ4n) is 2.06. The number of carbonyl (C=O) groups excluding carboxylic acids is 2. The van der Waals surface area contributed by atoms with Gasteiger partial charge < -0.3 is 15.0 Å². The van der Waals surface area contributed by atoms with E-state index in [9.17, 15) is 14.0 Å². The average Bonchev–Trinajstić information content (AvgIpc) is 2.45. The van der Waals surface area contributed by atoms with Gasteiger partial charge >= 0.3 is 0 Å². The first kappa shape index (κ1) is 14.5. The van der Waals surface area contributed by atoms with Crippen LogP contribution in [0, 0.1) is 5.82 Å². The molecule has 0 aliphatic carbocycles. The minimum absolute atomic E-state index is 0.129. The second-order valence-corrected chi connectivity index (χ2v) is 4.69. The Morgan fingerprint density at radius 3 is 2.75 bits per heavy atom. The summed E-state index contributed by atoms with van der Waals surface area (Å²) in [6.07, 6.45) is -0.211. The highest BCUT2D eigenvalue weighted by molar-refractivity contribution is 5.94. The van der Waals surface area contributed by atoms with Crippen molar-refractivity contribution in [1.29, 1.82) is 0 Å². The molecule has 108 valence electrons. The molecule has 1 unspecified atom stereocenters. The molecule has 2 rings (SSSR count). The fraction of sp³-hybridized carbons (Fsp3) is 0.429. The van der Waals surface area contributed by atoms with Crippen molar-refractivity contribution in [3.63, 3.8) is 0 Å². The van der Waals surface area contributed by atoms with Crippen LogP contribution in [0.1, 0.15) is 17.3 Å². The maximum atomic E-state index is 12.8. The molecule has 0 spiro atoms. The van der Waals surface area contributed by atoms with Gasteiger partial charge in [-0.25, -0.2) is 4.39 Å². The molecule has 0 radical (unpaired) electrons. The molecule has 1 atom stereocenters. The van der Waals surface area contributed by atoms with Crippen LogP contribution in [0.25, 0.3) is 0 Å². The number of nitrogens with zero attached hydrogens (tertiary/aromatic N) is 1. The van der Waals surface area contributed by atoms with E-state index in [-0.39, 0.29) is 23.7 Å². The van der Waals surface area contributed by atoms with Crippen LogP contribution in [-0.4, -0.2) is 49.1 Å². The molecule has 1 N–H and O–H groups in total. The van der Waals surface area contributed by atoms with E-state index in [0.717, 1.165) is 0 Å². The largest absolute Gasteiger partial charge is 0.373 e. The number of rotatable bonds is 3. The molecule has 0 saturated carbocycles. The highest BCUT2D eigenvalue weighted by atomic mass is 19.1. The van der Waals surface area contributed by atoms with Crippen molar-refractivity contribution in [3.8, 4) is 0 Å². The first-order valence-corrected chi connectivity index (χ1v) is 6.47. The van der Waals surface area contributed by atoms with E-state index >= 15 is 0 Å². The lowest BCUT2D eigenvalue weighted by molar-refractivity contribution is -0.120. The zero-order valence-corrected chi connectivity index (χ0v) is 11.3. The number of halogens is 1. The van der Waals surface area contributed by atoms with Gasteiger partial charge in [-0.2, -0.15) is 0 Å². The molecular weight excluding hydrogens is 263 g/mol. The highest BCUT2D eigenvalue weighted by Crippen LogP contribution is 2.11. The van der Waals surface area contributed by atoms with Gasteiger partial charge in [-0.15, -0.1) is 0 Å². The number of carbonyl (C=O) groups is 2. The van der Waals surface area contributed by atoms with Gasteiger partial charge in [-0.3, -0.25) is 9.59 Å². The van der Waals surface area contributed by atoms with Crippen molar-refractivity contribution in [1.82, 2.24) is 10.2 Å². The van der Waals surface area contributed by atoms with E-state index in [2.05, 4.69) is 5.32 Å². The molecule has 1 fully saturated rings. The Balaban J connectivity index is 1.96. The van der Waals surface area contributed by atoms with Crippen LogP contribution < -0.4 is 5.32 Å². The normalized spacial score (nSPS) is 18.7. The van der Waals surface area contributed by atoms with Crippen LogP contribution in [0.2, 0.25) is 0 Å². The van der Waals surface area contributed by atoms with Crippen LogP contribution in [-0.2, 0) is 9.53 Å². The summed E-state index contributed by atoms with van der Waals surface area (Å²) >= 11 is 0. The first-order chi connectivity index (χ1) is 9.56. The predicted octanol–water partition coefficient (Wildman–Crippen LogP) is 0.803. The third-order valence-electron chi connectivity index (χ3n) is 3.10. The zero-order valence-electron chi connectivity index (χ0n) is 11.3. The molecular formula is C14H17FN2O3. The van der Waals surface area contributed by atoms with Gasteiger partial charge in [0.05, 0.1) is 12.7 Å². The first-order valence-electron chi connectivity index (χ1n) is 6.47. The summed E-state index contributed by atoms with van der Waals surface area (Å²) < 4.78 is 18.3. The Kier molecular flexibility index (Phi) is 4.68. The van der Waals surface area contributed by atoms with Gasteiger partial charge in [0, 0.05) is 32.1 Å². The van der Waals surface area contributed by atoms with Gasteiger partial charge in [0.1, 0.15) is 5.82 Å². The van der Waals surface area contributed by atoms with E-state index in [1.807, 2.05) is 0 Å². The molecule has 0 aromatic heterocycles. The summed E-state index contributed by atoms with van der Waals surface area (Å²) in [5, 5.41) is 2.67. The van der Waals surface area contributed by atoms with Crippen molar-refractivity contribution < 1.29 is 18.7 Å². The third-order valence-corrected chi connectivity index (χ3v) is 3.10. The molecule has 6 heteroatoms. The summed E-state index contributed by atoms with van der Waals surface area (Å²) in [6.45, 7) is 3.15. The molecule has 0 bridgehead atoms.